The van der Waals surface area contributed by atoms with Gasteiger partial charge in [0.1, 0.15) is 5.01 Å². The fraction of sp³-hybridized carbons (Fsp3) is 0.238. The number of thiazole rings is 1. The standard InChI is InChI=1S/C21H20N2O3S/c1-14-4-3-5-16(8-14)21-22-17(12-27-21)10-20(24)23(2)11-15-6-7-18-19(9-15)26-13-25-18/h3-9,12H,10-11,13H2,1-2H3. The van der Waals surface area contributed by atoms with Crippen LogP contribution in [0, 0.1) is 6.92 Å². The molecule has 1 aliphatic heterocycles. The first-order valence-corrected chi connectivity index (χ1v) is 9.60. The van der Waals surface area contributed by atoms with Crippen LogP contribution in [0.5, 0.6) is 11.5 Å². The van der Waals surface area contributed by atoms with Crippen LogP contribution in [-0.2, 0) is 17.8 Å². The molecule has 5 nitrogen and oxygen atoms in total. The Balaban J connectivity index is 1.40. The molecule has 0 fully saturated rings. The molecule has 0 aliphatic carbocycles. The van der Waals surface area contributed by atoms with Gasteiger partial charge in [-0.1, -0.05) is 29.8 Å². The monoisotopic (exact) mass is 380 g/mol. The molecule has 0 radical (unpaired) electrons. The number of rotatable bonds is 5. The maximum Gasteiger partial charge on any atom is 0.231 e. The molecule has 0 bridgehead atoms. The van der Waals surface area contributed by atoms with Crippen LogP contribution in [0.4, 0.5) is 0 Å². The number of amides is 1. The molecule has 2 aromatic carbocycles. The highest BCUT2D eigenvalue weighted by molar-refractivity contribution is 7.13. The summed E-state index contributed by atoms with van der Waals surface area (Å²) < 4.78 is 10.7. The lowest BCUT2D eigenvalue weighted by Gasteiger charge is -2.17. The summed E-state index contributed by atoms with van der Waals surface area (Å²) in [5.41, 5.74) is 4.10. The Morgan fingerprint density at radius 1 is 1.19 bits per heavy atom. The van der Waals surface area contributed by atoms with Crippen LogP contribution < -0.4 is 9.47 Å². The number of fused-ring (bicyclic) bond motifs is 1. The second kappa shape index (κ2) is 7.40. The molecule has 138 valence electrons. The zero-order valence-corrected chi connectivity index (χ0v) is 16.1. The van der Waals surface area contributed by atoms with Crippen LogP contribution in [0.1, 0.15) is 16.8 Å². The first-order valence-electron chi connectivity index (χ1n) is 8.72. The quantitative estimate of drug-likeness (QED) is 0.670. The average Bonchev–Trinajstić information content (AvgIpc) is 3.30. The summed E-state index contributed by atoms with van der Waals surface area (Å²) in [4.78, 5) is 18.9. The highest BCUT2D eigenvalue weighted by atomic mass is 32.1. The number of likely N-dealkylation sites (N-methyl/N-ethyl adjacent to an activating group) is 1. The van der Waals surface area contributed by atoms with Crippen LogP contribution in [0.3, 0.4) is 0 Å². The van der Waals surface area contributed by atoms with Gasteiger partial charge in [0.25, 0.3) is 0 Å². The summed E-state index contributed by atoms with van der Waals surface area (Å²) in [6, 6.07) is 14.0. The number of nitrogens with zero attached hydrogens (tertiary/aromatic N) is 2. The SMILES string of the molecule is Cc1cccc(-c2nc(CC(=O)N(C)Cc3ccc4c(c3)OCO4)cs2)c1. The predicted molar refractivity (Wildman–Crippen MR) is 105 cm³/mol. The first-order chi connectivity index (χ1) is 13.1. The van der Waals surface area contributed by atoms with Gasteiger partial charge in [-0.3, -0.25) is 4.79 Å². The summed E-state index contributed by atoms with van der Waals surface area (Å²) in [5.74, 6) is 1.52. The lowest BCUT2D eigenvalue weighted by molar-refractivity contribution is -0.129. The lowest BCUT2D eigenvalue weighted by atomic mass is 10.1. The topological polar surface area (TPSA) is 51.7 Å². The van der Waals surface area contributed by atoms with Gasteiger partial charge in [0, 0.05) is 24.5 Å². The zero-order valence-electron chi connectivity index (χ0n) is 15.3. The zero-order chi connectivity index (χ0) is 18.8. The first kappa shape index (κ1) is 17.5. The molecule has 0 unspecified atom stereocenters. The van der Waals surface area contributed by atoms with Crippen molar-refractivity contribution in [3.8, 4) is 22.1 Å². The Labute approximate surface area is 162 Å². The third-order valence-corrected chi connectivity index (χ3v) is 5.37. The summed E-state index contributed by atoms with van der Waals surface area (Å²) in [5, 5.41) is 2.91. The van der Waals surface area contributed by atoms with Crippen molar-refractivity contribution in [2.45, 2.75) is 19.9 Å². The summed E-state index contributed by atoms with van der Waals surface area (Å²) in [6.07, 6.45) is 0.295. The number of aromatic nitrogens is 1. The lowest BCUT2D eigenvalue weighted by Crippen LogP contribution is -2.27. The molecular formula is C21H20N2O3S. The van der Waals surface area contributed by atoms with Gasteiger partial charge in [-0.2, -0.15) is 0 Å². The molecule has 0 N–H and O–H groups in total. The molecule has 0 atom stereocenters. The van der Waals surface area contributed by atoms with E-state index < -0.39 is 0 Å². The van der Waals surface area contributed by atoms with Crippen molar-refractivity contribution < 1.29 is 14.3 Å². The molecule has 1 aliphatic rings. The van der Waals surface area contributed by atoms with E-state index in [4.69, 9.17) is 9.47 Å². The predicted octanol–water partition coefficient (Wildman–Crippen LogP) is 4.05. The fourth-order valence-corrected chi connectivity index (χ4v) is 3.81. The third kappa shape index (κ3) is 3.95. The van der Waals surface area contributed by atoms with E-state index in [-0.39, 0.29) is 12.7 Å². The van der Waals surface area contributed by atoms with Crippen molar-refractivity contribution in [1.82, 2.24) is 9.88 Å². The van der Waals surface area contributed by atoms with E-state index in [2.05, 4.69) is 24.0 Å². The van der Waals surface area contributed by atoms with E-state index in [1.807, 2.05) is 35.7 Å². The van der Waals surface area contributed by atoms with E-state index >= 15 is 0 Å². The minimum absolute atomic E-state index is 0.0359. The van der Waals surface area contributed by atoms with Gasteiger partial charge in [0.05, 0.1) is 12.1 Å². The van der Waals surface area contributed by atoms with Crippen molar-refractivity contribution in [2.75, 3.05) is 13.8 Å². The Hall–Kier alpha value is -2.86. The van der Waals surface area contributed by atoms with Crippen molar-refractivity contribution in [3.05, 3.63) is 64.7 Å². The Bertz CT molecular complexity index is 983. The van der Waals surface area contributed by atoms with Gasteiger partial charge in [-0.25, -0.2) is 4.98 Å². The van der Waals surface area contributed by atoms with E-state index in [1.165, 1.54) is 5.56 Å². The van der Waals surface area contributed by atoms with E-state index in [0.717, 1.165) is 33.3 Å². The van der Waals surface area contributed by atoms with Gasteiger partial charge in [0.2, 0.25) is 12.7 Å². The maximum atomic E-state index is 12.6. The number of ether oxygens (including phenoxy) is 2. The molecule has 1 amide bonds. The van der Waals surface area contributed by atoms with Gasteiger partial charge >= 0.3 is 0 Å². The molecular weight excluding hydrogens is 360 g/mol. The number of hydrogen-bond acceptors (Lipinski definition) is 5. The minimum atomic E-state index is 0.0359. The largest absolute Gasteiger partial charge is 0.454 e. The van der Waals surface area contributed by atoms with Crippen molar-refractivity contribution in [3.63, 3.8) is 0 Å². The normalized spacial score (nSPS) is 12.2. The summed E-state index contributed by atoms with van der Waals surface area (Å²) >= 11 is 1.57. The van der Waals surface area contributed by atoms with Gasteiger partial charge in [-0.05, 0) is 30.7 Å². The fourth-order valence-electron chi connectivity index (χ4n) is 2.99. The molecule has 6 heteroatoms. The molecule has 2 heterocycles. The van der Waals surface area contributed by atoms with Gasteiger partial charge < -0.3 is 14.4 Å². The molecule has 0 spiro atoms. The Kier molecular flexibility index (Phi) is 4.81. The Morgan fingerprint density at radius 2 is 2.04 bits per heavy atom. The molecule has 0 saturated heterocycles. The van der Waals surface area contributed by atoms with Gasteiger partial charge in [0.15, 0.2) is 11.5 Å². The molecule has 4 rings (SSSR count). The van der Waals surface area contributed by atoms with Crippen molar-refractivity contribution >= 4 is 17.2 Å². The third-order valence-electron chi connectivity index (χ3n) is 4.43. The highest BCUT2D eigenvalue weighted by Crippen LogP contribution is 2.32. The molecule has 3 aromatic rings. The second-order valence-corrected chi connectivity index (χ2v) is 7.49. The van der Waals surface area contributed by atoms with E-state index in [1.54, 1.807) is 23.3 Å². The highest BCUT2D eigenvalue weighted by Gasteiger charge is 2.16. The summed E-state index contributed by atoms with van der Waals surface area (Å²) in [7, 11) is 1.81. The van der Waals surface area contributed by atoms with Crippen LogP contribution in [0.25, 0.3) is 10.6 Å². The molecule has 27 heavy (non-hydrogen) atoms. The number of carbonyl (C=O) groups excluding carboxylic acids is 1. The van der Waals surface area contributed by atoms with Crippen LogP contribution >= 0.6 is 11.3 Å². The number of aryl methyl sites for hydroxylation is 1. The second-order valence-electron chi connectivity index (χ2n) is 6.63. The van der Waals surface area contributed by atoms with E-state index in [0.29, 0.717) is 13.0 Å². The number of benzene rings is 2. The minimum Gasteiger partial charge on any atom is -0.454 e. The number of carbonyl (C=O) groups is 1. The number of hydrogen-bond donors (Lipinski definition) is 0. The smallest absolute Gasteiger partial charge is 0.231 e. The van der Waals surface area contributed by atoms with Crippen molar-refractivity contribution in [1.29, 1.82) is 0 Å². The maximum absolute atomic E-state index is 12.6. The summed E-state index contributed by atoms with van der Waals surface area (Å²) in [6.45, 7) is 2.83. The van der Waals surface area contributed by atoms with Crippen LogP contribution in [0.2, 0.25) is 0 Å². The van der Waals surface area contributed by atoms with Crippen LogP contribution in [0.15, 0.2) is 47.8 Å². The van der Waals surface area contributed by atoms with Gasteiger partial charge in [-0.15, -0.1) is 11.3 Å². The molecule has 1 aromatic heterocycles. The Morgan fingerprint density at radius 3 is 2.89 bits per heavy atom. The molecule has 0 saturated carbocycles. The average molecular weight is 380 g/mol. The van der Waals surface area contributed by atoms with Crippen molar-refractivity contribution in [2.24, 2.45) is 0 Å². The van der Waals surface area contributed by atoms with Crippen LogP contribution in [-0.4, -0.2) is 29.6 Å². The van der Waals surface area contributed by atoms with E-state index in [9.17, 15) is 4.79 Å².